The van der Waals surface area contributed by atoms with Crippen molar-refractivity contribution < 1.29 is 13.9 Å². The van der Waals surface area contributed by atoms with Crippen molar-refractivity contribution >= 4 is 0 Å². The van der Waals surface area contributed by atoms with Crippen LogP contribution in [0.25, 0.3) is 0 Å². The molecule has 1 saturated carbocycles. The molecule has 1 aromatic heterocycles. The van der Waals surface area contributed by atoms with Crippen molar-refractivity contribution in [3.8, 4) is 0 Å². The van der Waals surface area contributed by atoms with E-state index in [1.807, 2.05) is 0 Å². The zero-order valence-corrected chi connectivity index (χ0v) is 20.4. The van der Waals surface area contributed by atoms with Crippen LogP contribution in [0.15, 0.2) is 30.9 Å². The standard InChI is InChI=1S/C26H40F2N4O/c1-4-6-7-8-21-10-9-20(3)13-22(21)15-31(5-2)16-26(33,17-32-19-29-18-30-32)24-12-11-23(27)14-25(24)28/h11-12,14,18-22,33H,4-10,13,15-17H2,1-3H3. The van der Waals surface area contributed by atoms with Gasteiger partial charge in [-0.15, -0.1) is 0 Å². The Balaban J connectivity index is 1.80. The third-order valence-corrected chi connectivity index (χ3v) is 7.33. The van der Waals surface area contributed by atoms with Gasteiger partial charge in [-0.25, -0.2) is 18.4 Å². The molecule has 1 heterocycles. The summed E-state index contributed by atoms with van der Waals surface area (Å²) in [4.78, 5) is 6.19. The molecule has 4 unspecified atom stereocenters. The molecule has 1 N–H and O–H groups in total. The van der Waals surface area contributed by atoms with Crippen molar-refractivity contribution in [1.29, 1.82) is 0 Å². The van der Waals surface area contributed by atoms with E-state index >= 15 is 0 Å². The molecule has 7 heteroatoms. The van der Waals surface area contributed by atoms with E-state index in [4.69, 9.17) is 0 Å². The van der Waals surface area contributed by atoms with E-state index in [9.17, 15) is 13.9 Å². The van der Waals surface area contributed by atoms with Crippen LogP contribution >= 0.6 is 0 Å². The summed E-state index contributed by atoms with van der Waals surface area (Å²) in [6, 6.07) is 3.39. The summed E-state index contributed by atoms with van der Waals surface area (Å²) in [5, 5.41) is 15.9. The molecule has 2 aromatic rings. The van der Waals surface area contributed by atoms with Gasteiger partial charge >= 0.3 is 0 Å². The molecule has 3 rings (SSSR count). The fourth-order valence-corrected chi connectivity index (χ4v) is 5.50. The third kappa shape index (κ3) is 7.06. The third-order valence-electron chi connectivity index (χ3n) is 7.33. The molecule has 1 aliphatic rings. The van der Waals surface area contributed by atoms with Crippen molar-refractivity contribution in [1.82, 2.24) is 19.7 Å². The highest BCUT2D eigenvalue weighted by Gasteiger charge is 2.37. The molecule has 0 spiro atoms. The van der Waals surface area contributed by atoms with E-state index in [0.717, 1.165) is 19.2 Å². The van der Waals surface area contributed by atoms with E-state index in [2.05, 4.69) is 35.8 Å². The van der Waals surface area contributed by atoms with Crippen molar-refractivity contribution in [2.24, 2.45) is 17.8 Å². The summed E-state index contributed by atoms with van der Waals surface area (Å²) < 4.78 is 29.9. The van der Waals surface area contributed by atoms with Crippen molar-refractivity contribution in [2.75, 3.05) is 19.6 Å². The van der Waals surface area contributed by atoms with E-state index in [1.165, 1.54) is 74.4 Å². The molecule has 0 aliphatic heterocycles. The molecule has 5 nitrogen and oxygen atoms in total. The summed E-state index contributed by atoms with van der Waals surface area (Å²) >= 11 is 0. The molecular formula is C26H40F2N4O. The number of likely N-dealkylation sites (N-methyl/N-ethyl adjacent to an activating group) is 1. The topological polar surface area (TPSA) is 54.2 Å². The predicted octanol–water partition coefficient (Wildman–Crippen LogP) is 5.40. The first-order valence-electron chi connectivity index (χ1n) is 12.6. The molecule has 1 aromatic carbocycles. The lowest BCUT2D eigenvalue weighted by atomic mass is 9.72. The predicted molar refractivity (Wildman–Crippen MR) is 127 cm³/mol. The molecule has 0 amide bonds. The molecule has 1 fully saturated rings. The normalized spacial score (nSPS) is 23.1. The van der Waals surface area contributed by atoms with E-state index in [-0.39, 0.29) is 18.7 Å². The smallest absolute Gasteiger partial charge is 0.137 e. The minimum absolute atomic E-state index is 0.0487. The maximum Gasteiger partial charge on any atom is 0.137 e. The second-order valence-corrected chi connectivity index (χ2v) is 10.0. The van der Waals surface area contributed by atoms with Gasteiger partial charge in [0, 0.05) is 24.7 Å². The number of hydrogen-bond donors (Lipinski definition) is 1. The number of nitrogens with zero attached hydrogens (tertiary/aromatic N) is 4. The number of hydrogen-bond acceptors (Lipinski definition) is 4. The fraction of sp³-hybridized carbons (Fsp3) is 0.692. The SMILES string of the molecule is CCCCCC1CCC(C)CC1CN(CC)CC(O)(Cn1cncn1)c1ccc(F)cc1F. The van der Waals surface area contributed by atoms with Crippen LogP contribution in [0.4, 0.5) is 8.78 Å². The minimum Gasteiger partial charge on any atom is -0.382 e. The first-order chi connectivity index (χ1) is 15.8. The summed E-state index contributed by atoms with van der Waals surface area (Å²) in [7, 11) is 0. The van der Waals surface area contributed by atoms with Crippen LogP contribution < -0.4 is 0 Å². The Morgan fingerprint density at radius 1 is 1.18 bits per heavy atom. The van der Waals surface area contributed by atoms with Gasteiger partial charge in [-0.1, -0.05) is 58.9 Å². The maximum absolute atomic E-state index is 14.8. The lowest BCUT2D eigenvalue weighted by molar-refractivity contribution is -0.0284. The molecule has 184 valence electrons. The lowest BCUT2D eigenvalue weighted by Gasteiger charge is -2.40. The van der Waals surface area contributed by atoms with Crippen LogP contribution in [0.3, 0.4) is 0 Å². The maximum atomic E-state index is 14.8. The molecule has 0 radical (unpaired) electrons. The van der Waals surface area contributed by atoms with Crippen LogP contribution in [-0.2, 0) is 12.1 Å². The average Bonchev–Trinajstić information content (AvgIpc) is 3.27. The van der Waals surface area contributed by atoms with Crippen LogP contribution in [0.1, 0.15) is 71.3 Å². The van der Waals surface area contributed by atoms with Crippen molar-refractivity contribution in [3.63, 3.8) is 0 Å². The van der Waals surface area contributed by atoms with E-state index in [0.29, 0.717) is 17.8 Å². The second-order valence-electron chi connectivity index (χ2n) is 10.0. The number of unbranched alkanes of at least 4 members (excludes halogenated alkanes) is 2. The van der Waals surface area contributed by atoms with Crippen LogP contribution in [0, 0.1) is 29.4 Å². The van der Waals surface area contributed by atoms with Gasteiger partial charge in [-0.05, 0) is 43.2 Å². The fourth-order valence-electron chi connectivity index (χ4n) is 5.50. The number of benzene rings is 1. The second kappa shape index (κ2) is 12.0. The van der Waals surface area contributed by atoms with E-state index in [1.54, 1.807) is 0 Å². The van der Waals surface area contributed by atoms with Gasteiger partial charge in [-0.2, -0.15) is 5.10 Å². The van der Waals surface area contributed by atoms with Gasteiger partial charge in [-0.3, -0.25) is 0 Å². The highest BCUT2D eigenvalue weighted by molar-refractivity contribution is 5.25. The zero-order valence-electron chi connectivity index (χ0n) is 20.4. The Bertz CT molecular complexity index is 847. The van der Waals surface area contributed by atoms with Crippen molar-refractivity contribution in [3.05, 3.63) is 48.1 Å². The van der Waals surface area contributed by atoms with Gasteiger partial charge in [0.05, 0.1) is 6.54 Å². The Kier molecular flexibility index (Phi) is 9.38. The molecular weight excluding hydrogens is 422 g/mol. The van der Waals surface area contributed by atoms with E-state index < -0.39 is 17.2 Å². The van der Waals surface area contributed by atoms with Gasteiger partial charge in [0.1, 0.15) is 29.9 Å². The first kappa shape index (κ1) is 25.8. The Hall–Kier alpha value is -1.86. The van der Waals surface area contributed by atoms with Gasteiger partial charge in [0.25, 0.3) is 0 Å². The average molecular weight is 463 g/mol. The summed E-state index contributed by atoms with van der Waals surface area (Å²) in [5.41, 5.74) is -1.46. The first-order valence-corrected chi connectivity index (χ1v) is 12.6. The molecule has 1 aliphatic carbocycles. The Morgan fingerprint density at radius 2 is 2.00 bits per heavy atom. The van der Waals surface area contributed by atoms with Crippen LogP contribution in [-0.4, -0.2) is 44.4 Å². The zero-order chi connectivity index (χ0) is 23.8. The summed E-state index contributed by atoms with van der Waals surface area (Å²) in [6.45, 7) is 8.57. The number of aromatic nitrogens is 3. The Morgan fingerprint density at radius 3 is 2.67 bits per heavy atom. The monoisotopic (exact) mass is 462 g/mol. The molecule has 33 heavy (non-hydrogen) atoms. The van der Waals surface area contributed by atoms with Gasteiger partial charge < -0.3 is 10.0 Å². The number of halogens is 2. The summed E-state index contributed by atoms with van der Waals surface area (Å²) in [5.74, 6) is 0.585. The highest BCUT2D eigenvalue weighted by Crippen LogP contribution is 2.38. The quantitative estimate of drug-likeness (QED) is 0.429. The lowest BCUT2D eigenvalue weighted by Crippen LogP contribution is -2.47. The van der Waals surface area contributed by atoms with Gasteiger partial charge in [0.2, 0.25) is 0 Å². The molecule has 0 saturated heterocycles. The minimum atomic E-state index is -1.56. The Labute approximate surface area is 197 Å². The van der Waals surface area contributed by atoms with Gasteiger partial charge in [0.15, 0.2) is 0 Å². The number of aliphatic hydroxyl groups is 1. The highest BCUT2D eigenvalue weighted by atomic mass is 19.1. The number of rotatable bonds is 12. The van der Waals surface area contributed by atoms with Crippen LogP contribution in [0.2, 0.25) is 0 Å². The summed E-state index contributed by atoms with van der Waals surface area (Å²) in [6.07, 6.45) is 11.7. The molecule has 0 bridgehead atoms. The molecule has 4 atom stereocenters. The van der Waals surface area contributed by atoms with Crippen LogP contribution in [0.5, 0.6) is 0 Å². The van der Waals surface area contributed by atoms with Crippen molar-refractivity contribution in [2.45, 2.75) is 77.9 Å². The largest absolute Gasteiger partial charge is 0.382 e.